The molecule has 3 atom stereocenters. The highest BCUT2D eigenvalue weighted by atomic mass is 31.0. The lowest BCUT2D eigenvalue weighted by atomic mass is 9.89. The van der Waals surface area contributed by atoms with Crippen LogP contribution in [0.25, 0.3) is 11.4 Å². The zero-order valence-electron chi connectivity index (χ0n) is 17.8. The number of nitrogens with zero attached hydrogens (tertiary/aromatic N) is 3. The number of hydrogen-bond acceptors (Lipinski definition) is 7. The van der Waals surface area contributed by atoms with E-state index in [2.05, 4.69) is 40.5 Å². The Morgan fingerprint density at radius 2 is 2.15 bits per heavy atom. The van der Waals surface area contributed by atoms with Crippen molar-refractivity contribution >= 4 is 32.2 Å². The SMILES string of the molecule is O=C(CCc1nc(-c2ccc(P)cc2)no1)NCC(O)CN=C1NNC(=O)C2CC=CC=C12. The fourth-order valence-corrected chi connectivity index (χ4v) is 3.63. The second-order valence-corrected chi connectivity index (χ2v) is 8.40. The standard InChI is InChI=1S/C22H25N6O4P/c29-14(12-24-21-16-3-1-2-4-17(16)22(31)27-26-21)11-23-18(30)9-10-19-25-20(28-32-19)13-5-7-15(33)8-6-13/h1-3,5-8,14,17,29H,4,9-12,33H2,(H,23,30)(H,24,26)(H,27,31). The van der Waals surface area contributed by atoms with Crippen LogP contribution < -0.4 is 21.5 Å². The Kier molecular flexibility index (Phi) is 7.26. The molecule has 2 aromatic rings. The van der Waals surface area contributed by atoms with Gasteiger partial charge in [-0.25, -0.2) is 0 Å². The van der Waals surface area contributed by atoms with E-state index in [0.717, 1.165) is 16.4 Å². The molecule has 1 saturated heterocycles. The fraction of sp³-hybridized carbons (Fsp3) is 0.318. The van der Waals surface area contributed by atoms with E-state index in [1.54, 1.807) is 0 Å². The van der Waals surface area contributed by atoms with Crippen LogP contribution in [0.2, 0.25) is 0 Å². The van der Waals surface area contributed by atoms with Crippen molar-refractivity contribution in [3.63, 3.8) is 0 Å². The van der Waals surface area contributed by atoms with Gasteiger partial charge < -0.3 is 14.9 Å². The van der Waals surface area contributed by atoms with Gasteiger partial charge >= 0.3 is 0 Å². The smallest absolute Gasteiger partial charge is 0.246 e. The number of nitrogens with one attached hydrogen (secondary N) is 3. The topological polar surface area (TPSA) is 142 Å². The Labute approximate surface area is 192 Å². The van der Waals surface area contributed by atoms with Crippen molar-refractivity contribution in [2.24, 2.45) is 10.9 Å². The van der Waals surface area contributed by atoms with Crippen molar-refractivity contribution in [3.05, 3.63) is 54.0 Å². The van der Waals surface area contributed by atoms with E-state index in [1.165, 1.54) is 0 Å². The van der Waals surface area contributed by atoms with Crippen LogP contribution >= 0.6 is 9.24 Å². The Morgan fingerprint density at radius 1 is 1.33 bits per heavy atom. The summed E-state index contributed by atoms with van der Waals surface area (Å²) >= 11 is 0. The first-order valence-corrected chi connectivity index (χ1v) is 11.2. The monoisotopic (exact) mass is 468 g/mol. The lowest BCUT2D eigenvalue weighted by Gasteiger charge is -2.28. The largest absolute Gasteiger partial charge is 0.389 e. The normalized spacial score (nSPS) is 19.3. The number of aryl methyl sites for hydroxylation is 1. The Bertz CT molecular complexity index is 1110. The van der Waals surface area contributed by atoms with Gasteiger partial charge in [0.15, 0.2) is 0 Å². The van der Waals surface area contributed by atoms with Crippen LogP contribution in [0.15, 0.2) is 57.6 Å². The number of aromatic nitrogens is 2. The molecule has 4 N–H and O–H groups in total. The second-order valence-electron chi connectivity index (χ2n) is 7.73. The summed E-state index contributed by atoms with van der Waals surface area (Å²) in [6.45, 7) is 0.134. The minimum absolute atomic E-state index is 0.0564. The van der Waals surface area contributed by atoms with Crippen LogP contribution in [0.5, 0.6) is 0 Å². The van der Waals surface area contributed by atoms with E-state index in [9.17, 15) is 14.7 Å². The van der Waals surface area contributed by atoms with Gasteiger partial charge in [-0.1, -0.05) is 47.7 Å². The molecular formula is C22H25N6O4P. The number of amidine groups is 1. The fourth-order valence-electron chi connectivity index (χ4n) is 3.44. The van der Waals surface area contributed by atoms with Crippen molar-refractivity contribution in [1.29, 1.82) is 0 Å². The highest BCUT2D eigenvalue weighted by Crippen LogP contribution is 2.23. The molecule has 2 amide bonds. The minimum Gasteiger partial charge on any atom is -0.389 e. The average Bonchev–Trinajstić information content (AvgIpc) is 3.31. The number of aliphatic hydroxyl groups is 1. The number of rotatable bonds is 8. The summed E-state index contributed by atoms with van der Waals surface area (Å²) in [6.07, 6.45) is 5.85. The quantitative estimate of drug-likeness (QED) is 0.405. The molecule has 3 unspecified atom stereocenters. The Morgan fingerprint density at radius 3 is 2.97 bits per heavy atom. The molecule has 0 radical (unpaired) electrons. The molecule has 1 aromatic carbocycles. The van der Waals surface area contributed by atoms with Gasteiger partial charge in [-0.2, -0.15) is 4.98 Å². The maximum atomic E-state index is 12.1. The first kappa shape index (κ1) is 22.8. The van der Waals surface area contributed by atoms with Crippen LogP contribution in [0, 0.1) is 5.92 Å². The third-order valence-electron chi connectivity index (χ3n) is 5.25. The van der Waals surface area contributed by atoms with Crippen LogP contribution in [0.4, 0.5) is 0 Å². The predicted molar refractivity (Wildman–Crippen MR) is 125 cm³/mol. The molecular weight excluding hydrogens is 443 g/mol. The number of amides is 2. The molecule has 4 rings (SSSR count). The molecule has 2 aliphatic rings. The Balaban J connectivity index is 1.21. The summed E-state index contributed by atoms with van der Waals surface area (Å²) in [7, 11) is 2.61. The van der Waals surface area contributed by atoms with Crippen molar-refractivity contribution in [3.8, 4) is 11.4 Å². The van der Waals surface area contributed by atoms with E-state index in [4.69, 9.17) is 4.52 Å². The number of fused-ring (bicyclic) bond motifs is 1. The van der Waals surface area contributed by atoms with Crippen LogP contribution in [-0.4, -0.2) is 52.1 Å². The number of hydrogen-bond donors (Lipinski definition) is 4. The van der Waals surface area contributed by atoms with Crippen molar-refractivity contribution < 1.29 is 19.2 Å². The summed E-state index contributed by atoms with van der Waals surface area (Å²) in [4.78, 5) is 32.7. The summed E-state index contributed by atoms with van der Waals surface area (Å²) in [5.74, 6) is 0.747. The van der Waals surface area contributed by atoms with E-state index in [-0.39, 0.29) is 37.2 Å². The third kappa shape index (κ3) is 5.91. The van der Waals surface area contributed by atoms with E-state index < -0.39 is 6.10 Å². The second kappa shape index (κ2) is 10.5. The van der Waals surface area contributed by atoms with Gasteiger partial charge in [-0.15, -0.1) is 9.24 Å². The zero-order chi connectivity index (χ0) is 23.2. The molecule has 0 bridgehead atoms. The summed E-state index contributed by atoms with van der Waals surface area (Å²) in [5, 5.41) is 17.9. The zero-order valence-corrected chi connectivity index (χ0v) is 19.0. The van der Waals surface area contributed by atoms with Gasteiger partial charge in [0.2, 0.25) is 23.5 Å². The molecule has 1 aliphatic carbocycles. The molecule has 1 aliphatic heterocycles. The number of hydrazine groups is 1. The lowest BCUT2D eigenvalue weighted by molar-refractivity contribution is -0.125. The summed E-state index contributed by atoms with van der Waals surface area (Å²) in [6, 6.07) is 7.66. The van der Waals surface area contributed by atoms with Gasteiger partial charge in [-0.05, 0) is 11.7 Å². The van der Waals surface area contributed by atoms with Crippen LogP contribution in [-0.2, 0) is 16.0 Å². The highest BCUT2D eigenvalue weighted by molar-refractivity contribution is 7.27. The molecule has 11 heteroatoms. The number of carbonyl (C=O) groups excluding carboxylic acids is 2. The molecule has 172 valence electrons. The maximum Gasteiger partial charge on any atom is 0.246 e. The molecule has 1 aromatic heterocycles. The van der Waals surface area contributed by atoms with E-state index >= 15 is 0 Å². The highest BCUT2D eigenvalue weighted by Gasteiger charge is 2.31. The number of carbonyl (C=O) groups is 2. The predicted octanol–water partition coefficient (Wildman–Crippen LogP) is 0.182. The van der Waals surface area contributed by atoms with Crippen LogP contribution in [0.1, 0.15) is 18.7 Å². The maximum absolute atomic E-state index is 12.1. The molecule has 0 saturated carbocycles. The van der Waals surface area contributed by atoms with Crippen molar-refractivity contribution in [2.45, 2.75) is 25.4 Å². The Hall–Kier alpha value is -3.36. The number of benzene rings is 1. The molecule has 33 heavy (non-hydrogen) atoms. The van der Waals surface area contributed by atoms with Gasteiger partial charge in [0, 0.05) is 30.5 Å². The molecule has 10 nitrogen and oxygen atoms in total. The number of allylic oxidation sites excluding steroid dienone is 3. The van der Waals surface area contributed by atoms with Crippen LogP contribution in [0.3, 0.4) is 0 Å². The number of aliphatic hydroxyl groups excluding tert-OH is 1. The first-order valence-electron chi connectivity index (χ1n) is 10.6. The molecule has 1 fully saturated rings. The molecule has 0 spiro atoms. The van der Waals surface area contributed by atoms with E-state index in [0.29, 0.717) is 30.4 Å². The van der Waals surface area contributed by atoms with Gasteiger partial charge in [-0.3, -0.25) is 25.4 Å². The molecule has 2 heterocycles. The summed E-state index contributed by atoms with van der Waals surface area (Å²) < 4.78 is 5.22. The van der Waals surface area contributed by atoms with Gasteiger partial charge in [0.05, 0.1) is 18.6 Å². The van der Waals surface area contributed by atoms with Crippen molar-refractivity contribution in [1.82, 2.24) is 26.3 Å². The first-order chi connectivity index (χ1) is 16.0. The average molecular weight is 468 g/mol. The number of aliphatic imine (C=N–C) groups is 1. The lowest BCUT2D eigenvalue weighted by Crippen LogP contribution is -2.53. The summed E-state index contributed by atoms with van der Waals surface area (Å²) in [5.41, 5.74) is 6.98. The van der Waals surface area contributed by atoms with E-state index in [1.807, 2.05) is 42.5 Å². The minimum atomic E-state index is -0.867. The third-order valence-corrected chi connectivity index (χ3v) is 5.64. The van der Waals surface area contributed by atoms with Gasteiger partial charge in [0.1, 0.15) is 5.84 Å². The van der Waals surface area contributed by atoms with Crippen molar-refractivity contribution in [2.75, 3.05) is 13.1 Å². The van der Waals surface area contributed by atoms with Gasteiger partial charge in [0.25, 0.3) is 0 Å².